The number of amides is 1. The van der Waals surface area contributed by atoms with Crippen molar-refractivity contribution in [1.82, 2.24) is 25.3 Å². The molecular formula is C23H33N5O3. The Bertz CT molecular complexity index is 824. The van der Waals surface area contributed by atoms with E-state index in [1.165, 1.54) is 5.56 Å². The highest BCUT2D eigenvalue weighted by atomic mass is 16.5. The third-order valence-electron chi connectivity index (χ3n) is 6.15. The molecule has 0 radical (unpaired) electrons. The van der Waals surface area contributed by atoms with Crippen LogP contribution in [-0.4, -0.2) is 78.3 Å². The quantitative estimate of drug-likeness (QED) is 0.646. The fraction of sp³-hybridized carbons (Fsp3) is 0.609. The molecule has 0 spiro atoms. The minimum atomic E-state index is 0.102. The molecule has 31 heavy (non-hydrogen) atoms. The van der Waals surface area contributed by atoms with Gasteiger partial charge in [0.25, 0.3) is 0 Å². The van der Waals surface area contributed by atoms with Crippen molar-refractivity contribution in [2.75, 3.05) is 52.5 Å². The number of piperidine rings is 1. The van der Waals surface area contributed by atoms with Crippen LogP contribution in [0.5, 0.6) is 0 Å². The van der Waals surface area contributed by atoms with Gasteiger partial charge in [0.15, 0.2) is 0 Å². The Balaban J connectivity index is 1.15. The Morgan fingerprint density at radius 3 is 2.58 bits per heavy atom. The molecular weight excluding hydrogens is 394 g/mol. The largest absolute Gasteiger partial charge is 0.379 e. The maximum atomic E-state index is 12.5. The molecule has 1 aromatic carbocycles. The van der Waals surface area contributed by atoms with Crippen molar-refractivity contribution in [3.05, 3.63) is 35.7 Å². The summed E-state index contributed by atoms with van der Waals surface area (Å²) < 4.78 is 10.8. The second-order valence-corrected chi connectivity index (χ2v) is 8.53. The lowest BCUT2D eigenvalue weighted by Crippen LogP contribution is -2.41. The molecule has 8 nitrogen and oxygen atoms in total. The lowest BCUT2D eigenvalue weighted by atomic mass is 9.96. The molecule has 2 aliphatic heterocycles. The summed E-state index contributed by atoms with van der Waals surface area (Å²) in [5.41, 5.74) is 2.17. The fourth-order valence-corrected chi connectivity index (χ4v) is 4.17. The third kappa shape index (κ3) is 6.35. The highest BCUT2D eigenvalue weighted by molar-refractivity contribution is 5.78. The molecule has 2 fully saturated rings. The Labute approximate surface area is 183 Å². The summed E-state index contributed by atoms with van der Waals surface area (Å²) in [6, 6.07) is 8.11. The van der Waals surface area contributed by atoms with Gasteiger partial charge >= 0.3 is 0 Å². The van der Waals surface area contributed by atoms with E-state index < -0.39 is 0 Å². The highest BCUT2D eigenvalue weighted by Crippen LogP contribution is 2.21. The molecule has 2 saturated heterocycles. The van der Waals surface area contributed by atoms with Crippen molar-refractivity contribution < 1.29 is 14.1 Å². The van der Waals surface area contributed by atoms with E-state index >= 15 is 0 Å². The molecule has 0 aliphatic carbocycles. The Hall–Kier alpha value is -2.29. The first-order chi connectivity index (χ1) is 15.2. The van der Waals surface area contributed by atoms with Gasteiger partial charge in [-0.2, -0.15) is 4.98 Å². The lowest BCUT2D eigenvalue weighted by molar-refractivity contribution is -0.126. The number of carbonyl (C=O) groups is 1. The van der Waals surface area contributed by atoms with Crippen LogP contribution >= 0.6 is 0 Å². The molecule has 0 bridgehead atoms. The van der Waals surface area contributed by atoms with Gasteiger partial charge in [0.05, 0.1) is 19.8 Å². The lowest BCUT2D eigenvalue weighted by Gasteiger charge is -2.30. The summed E-state index contributed by atoms with van der Waals surface area (Å²) in [5.74, 6) is 1.55. The van der Waals surface area contributed by atoms with Gasteiger partial charge in [0.1, 0.15) is 0 Å². The zero-order valence-corrected chi connectivity index (χ0v) is 18.4. The third-order valence-corrected chi connectivity index (χ3v) is 6.15. The van der Waals surface area contributed by atoms with Crippen molar-refractivity contribution in [3.63, 3.8) is 0 Å². The molecule has 1 aromatic heterocycles. The summed E-state index contributed by atoms with van der Waals surface area (Å²) in [4.78, 5) is 21.7. The first-order valence-corrected chi connectivity index (χ1v) is 11.4. The zero-order valence-electron chi connectivity index (χ0n) is 18.4. The number of aryl methyl sites for hydroxylation is 1. The molecule has 2 aromatic rings. The van der Waals surface area contributed by atoms with E-state index in [0.717, 1.165) is 77.3 Å². The summed E-state index contributed by atoms with van der Waals surface area (Å²) in [6.07, 6.45) is 2.73. The summed E-state index contributed by atoms with van der Waals surface area (Å²) in [5, 5.41) is 7.24. The van der Waals surface area contributed by atoms with E-state index in [0.29, 0.717) is 18.3 Å². The van der Waals surface area contributed by atoms with Crippen molar-refractivity contribution in [2.24, 2.45) is 5.92 Å². The van der Waals surface area contributed by atoms with E-state index in [1.807, 2.05) is 24.3 Å². The number of nitrogens with one attached hydrogen (secondary N) is 1. The maximum absolute atomic E-state index is 12.5. The number of hydrogen-bond acceptors (Lipinski definition) is 7. The van der Waals surface area contributed by atoms with Crippen LogP contribution < -0.4 is 5.32 Å². The smallest absolute Gasteiger partial charge is 0.241 e. The zero-order chi connectivity index (χ0) is 21.5. The number of nitrogens with zero attached hydrogens (tertiary/aromatic N) is 4. The van der Waals surface area contributed by atoms with E-state index in [4.69, 9.17) is 9.26 Å². The number of morpholine rings is 1. The fourth-order valence-electron chi connectivity index (χ4n) is 4.17. The van der Waals surface area contributed by atoms with Gasteiger partial charge in [0.2, 0.25) is 17.6 Å². The first kappa shape index (κ1) is 21.9. The topological polar surface area (TPSA) is 83.7 Å². The van der Waals surface area contributed by atoms with E-state index in [1.54, 1.807) is 0 Å². The van der Waals surface area contributed by atoms with E-state index in [2.05, 4.69) is 32.2 Å². The summed E-state index contributed by atoms with van der Waals surface area (Å²) in [7, 11) is 0. The molecule has 0 saturated carbocycles. The standard InChI is InChI=1S/C23H33N5O3/c1-18-3-5-19(6-4-18)22-25-21(31-26-22)17-28-11-7-20(8-12-28)23(29)24-9-2-10-27-13-15-30-16-14-27/h3-6,20H,2,7-17H2,1H3,(H,24,29). The van der Waals surface area contributed by atoms with Crippen LogP contribution in [0.3, 0.4) is 0 Å². The second kappa shape index (κ2) is 10.8. The van der Waals surface area contributed by atoms with Crippen LogP contribution in [0.1, 0.15) is 30.7 Å². The molecule has 168 valence electrons. The number of rotatable bonds is 8. The van der Waals surface area contributed by atoms with Crippen molar-refractivity contribution in [3.8, 4) is 11.4 Å². The van der Waals surface area contributed by atoms with Gasteiger partial charge < -0.3 is 14.6 Å². The molecule has 0 unspecified atom stereocenters. The number of benzene rings is 1. The van der Waals surface area contributed by atoms with Crippen molar-refractivity contribution in [1.29, 1.82) is 0 Å². The number of hydrogen-bond donors (Lipinski definition) is 1. The van der Waals surface area contributed by atoms with Crippen LogP contribution in [0.2, 0.25) is 0 Å². The molecule has 0 atom stereocenters. The average molecular weight is 428 g/mol. The van der Waals surface area contributed by atoms with Crippen LogP contribution in [0, 0.1) is 12.8 Å². The van der Waals surface area contributed by atoms with Crippen LogP contribution in [-0.2, 0) is 16.1 Å². The minimum absolute atomic E-state index is 0.102. The molecule has 8 heteroatoms. The Morgan fingerprint density at radius 1 is 1.10 bits per heavy atom. The number of carbonyl (C=O) groups excluding carboxylic acids is 1. The normalized spacial score (nSPS) is 18.9. The SMILES string of the molecule is Cc1ccc(-c2noc(CN3CCC(C(=O)NCCCN4CCOCC4)CC3)n2)cc1. The van der Waals surface area contributed by atoms with E-state index in [-0.39, 0.29) is 11.8 Å². The molecule has 1 N–H and O–H groups in total. The van der Waals surface area contributed by atoms with Crippen molar-refractivity contribution >= 4 is 5.91 Å². The van der Waals surface area contributed by atoms with Crippen LogP contribution in [0.4, 0.5) is 0 Å². The predicted octanol–water partition coefficient (Wildman–Crippen LogP) is 2.10. The van der Waals surface area contributed by atoms with Gasteiger partial charge in [-0.1, -0.05) is 35.0 Å². The summed E-state index contributed by atoms with van der Waals surface area (Å²) >= 11 is 0. The van der Waals surface area contributed by atoms with Crippen LogP contribution in [0.15, 0.2) is 28.8 Å². The summed E-state index contributed by atoms with van der Waals surface area (Å²) in [6.45, 7) is 9.84. The molecule has 1 amide bonds. The molecule has 3 heterocycles. The second-order valence-electron chi connectivity index (χ2n) is 8.53. The first-order valence-electron chi connectivity index (χ1n) is 11.4. The van der Waals surface area contributed by atoms with Crippen molar-refractivity contribution in [2.45, 2.75) is 32.7 Å². The molecule has 2 aliphatic rings. The number of likely N-dealkylation sites (tertiary alicyclic amines) is 1. The predicted molar refractivity (Wildman–Crippen MR) is 117 cm³/mol. The average Bonchev–Trinajstić information content (AvgIpc) is 3.27. The van der Waals surface area contributed by atoms with Gasteiger partial charge in [0, 0.05) is 31.1 Å². The maximum Gasteiger partial charge on any atom is 0.241 e. The number of ether oxygens (including phenoxy) is 1. The monoisotopic (exact) mass is 427 g/mol. The van der Waals surface area contributed by atoms with Gasteiger partial charge in [-0.3, -0.25) is 14.6 Å². The van der Waals surface area contributed by atoms with Crippen LogP contribution in [0.25, 0.3) is 11.4 Å². The Kier molecular flexibility index (Phi) is 7.66. The van der Waals surface area contributed by atoms with Gasteiger partial charge in [-0.25, -0.2) is 0 Å². The number of aromatic nitrogens is 2. The minimum Gasteiger partial charge on any atom is -0.379 e. The molecule has 4 rings (SSSR count). The van der Waals surface area contributed by atoms with E-state index in [9.17, 15) is 4.79 Å². The van der Waals surface area contributed by atoms with Gasteiger partial charge in [-0.15, -0.1) is 0 Å². The Morgan fingerprint density at radius 2 is 1.84 bits per heavy atom. The van der Waals surface area contributed by atoms with Gasteiger partial charge in [-0.05, 0) is 45.8 Å². The highest BCUT2D eigenvalue weighted by Gasteiger charge is 2.26.